The molecule has 4 heteroatoms. The van der Waals surface area contributed by atoms with Crippen LogP contribution in [0.2, 0.25) is 0 Å². The number of aryl methyl sites for hydroxylation is 1. The molecule has 0 saturated carbocycles. The van der Waals surface area contributed by atoms with Gasteiger partial charge in [0, 0.05) is 25.4 Å². The van der Waals surface area contributed by atoms with Crippen molar-refractivity contribution in [3.63, 3.8) is 0 Å². The summed E-state index contributed by atoms with van der Waals surface area (Å²) >= 11 is 0. The predicted octanol–water partition coefficient (Wildman–Crippen LogP) is -0.0205. The van der Waals surface area contributed by atoms with Crippen molar-refractivity contribution in [3.05, 3.63) is 24.0 Å². The van der Waals surface area contributed by atoms with Gasteiger partial charge in [-0.15, -0.1) is 0 Å². The van der Waals surface area contributed by atoms with E-state index in [1.165, 1.54) is 0 Å². The van der Waals surface area contributed by atoms with Crippen LogP contribution in [-0.4, -0.2) is 21.7 Å². The van der Waals surface area contributed by atoms with Crippen LogP contribution < -0.4 is 5.73 Å². The first kappa shape index (κ1) is 8.80. The Balaban J connectivity index is 2.64. The molecule has 0 amide bonds. The van der Waals surface area contributed by atoms with Crippen LogP contribution >= 0.6 is 0 Å². The van der Waals surface area contributed by atoms with Crippen LogP contribution in [0.4, 0.5) is 0 Å². The molecule has 0 saturated heterocycles. The monoisotopic (exact) mass is 168 g/mol. The summed E-state index contributed by atoms with van der Waals surface area (Å²) in [5.41, 5.74) is 6.30. The van der Waals surface area contributed by atoms with Gasteiger partial charge >= 0.3 is 5.97 Å². The summed E-state index contributed by atoms with van der Waals surface area (Å²) in [5.74, 6) is -0.962. The van der Waals surface area contributed by atoms with E-state index in [2.05, 4.69) is 0 Å². The molecule has 0 fully saturated rings. The fraction of sp³-hybridized carbons (Fsp3) is 0.375. The van der Waals surface area contributed by atoms with Gasteiger partial charge in [-0.05, 0) is 12.1 Å². The largest absolute Gasteiger partial charge is 0.480 e. The summed E-state index contributed by atoms with van der Waals surface area (Å²) in [6, 6.07) is 2.92. The average molecular weight is 168 g/mol. The van der Waals surface area contributed by atoms with Gasteiger partial charge in [0.05, 0.1) is 0 Å². The molecule has 0 bridgehead atoms. The average Bonchev–Trinajstić information content (AvgIpc) is 2.36. The smallest absolute Gasteiger partial charge is 0.320 e. The summed E-state index contributed by atoms with van der Waals surface area (Å²) in [4.78, 5) is 10.4. The lowest BCUT2D eigenvalue weighted by molar-refractivity contribution is -0.138. The molecule has 1 heterocycles. The molecule has 1 aromatic rings. The zero-order valence-electron chi connectivity index (χ0n) is 6.90. The number of rotatable bonds is 3. The van der Waals surface area contributed by atoms with Crippen LogP contribution in [0, 0.1) is 0 Å². The zero-order valence-corrected chi connectivity index (χ0v) is 6.90. The van der Waals surface area contributed by atoms with Crippen LogP contribution in [0.5, 0.6) is 0 Å². The number of carboxylic acids is 1. The number of hydrogen-bond acceptors (Lipinski definition) is 2. The molecular formula is C8H12N2O2. The summed E-state index contributed by atoms with van der Waals surface area (Å²) < 4.78 is 1.86. The van der Waals surface area contributed by atoms with Gasteiger partial charge in [-0.3, -0.25) is 4.79 Å². The Morgan fingerprint density at radius 3 is 2.92 bits per heavy atom. The van der Waals surface area contributed by atoms with E-state index in [0.717, 1.165) is 5.69 Å². The topological polar surface area (TPSA) is 68.2 Å². The molecule has 1 atom stereocenters. The number of hydrogen-bond donors (Lipinski definition) is 2. The standard InChI is InChI=1S/C8H12N2O2/c1-10-4-2-3-6(10)5-7(9)8(11)12/h2-4,7H,5,9H2,1H3,(H,11,12). The first-order valence-electron chi connectivity index (χ1n) is 3.70. The predicted molar refractivity (Wildman–Crippen MR) is 44.7 cm³/mol. The first-order valence-corrected chi connectivity index (χ1v) is 3.70. The van der Waals surface area contributed by atoms with Gasteiger partial charge < -0.3 is 15.4 Å². The Labute approximate surface area is 70.6 Å². The van der Waals surface area contributed by atoms with Gasteiger partial charge in [0.25, 0.3) is 0 Å². The number of nitrogens with two attached hydrogens (primary N) is 1. The third-order valence-electron chi connectivity index (χ3n) is 1.80. The first-order chi connectivity index (χ1) is 5.61. The van der Waals surface area contributed by atoms with Crippen molar-refractivity contribution < 1.29 is 9.90 Å². The minimum Gasteiger partial charge on any atom is -0.480 e. The molecular weight excluding hydrogens is 156 g/mol. The van der Waals surface area contributed by atoms with Gasteiger partial charge in [0.1, 0.15) is 6.04 Å². The molecule has 0 radical (unpaired) electrons. The molecule has 66 valence electrons. The SMILES string of the molecule is Cn1cccc1CC(N)C(=O)O. The number of nitrogens with zero attached hydrogens (tertiary/aromatic N) is 1. The Bertz CT molecular complexity index is 280. The lowest BCUT2D eigenvalue weighted by Crippen LogP contribution is -2.32. The summed E-state index contributed by atoms with van der Waals surface area (Å²) in [6.07, 6.45) is 2.24. The van der Waals surface area contributed by atoms with E-state index in [0.29, 0.717) is 6.42 Å². The van der Waals surface area contributed by atoms with E-state index in [1.54, 1.807) is 0 Å². The highest BCUT2D eigenvalue weighted by molar-refractivity contribution is 5.73. The minimum absolute atomic E-state index is 0.374. The summed E-state index contributed by atoms with van der Waals surface area (Å²) in [6.45, 7) is 0. The molecule has 1 aromatic heterocycles. The maximum atomic E-state index is 10.4. The van der Waals surface area contributed by atoms with E-state index >= 15 is 0 Å². The Morgan fingerprint density at radius 1 is 1.83 bits per heavy atom. The highest BCUT2D eigenvalue weighted by Crippen LogP contribution is 2.02. The molecule has 0 spiro atoms. The fourth-order valence-corrected chi connectivity index (χ4v) is 1.02. The van der Waals surface area contributed by atoms with Gasteiger partial charge in [-0.2, -0.15) is 0 Å². The molecule has 4 nitrogen and oxygen atoms in total. The van der Waals surface area contributed by atoms with Crippen molar-refractivity contribution in [2.75, 3.05) is 0 Å². The van der Waals surface area contributed by atoms with Crippen LogP contribution in [0.1, 0.15) is 5.69 Å². The molecule has 0 aliphatic rings. The lowest BCUT2D eigenvalue weighted by Gasteiger charge is -2.06. The molecule has 3 N–H and O–H groups in total. The molecule has 0 aliphatic heterocycles. The van der Waals surface area contributed by atoms with E-state index < -0.39 is 12.0 Å². The number of aliphatic carboxylic acids is 1. The summed E-state index contributed by atoms with van der Waals surface area (Å²) in [5, 5.41) is 8.54. The third kappa shape index (κ3) is 1.85. The van der Waals surface area contributed by atoms with Crippen LogP contribution in [0.15, 0.2) is 18.3 Å². The molecule has 0 aromatic carbocycles. The lowest BCUT2D eigenvalue weighted by atomic mass is 10.2. The van der Waals surface area contributed by atoms with Gasteiger partial charge in [-0.25, -0.2) is 0 Å². The van der Waals surface area contributed by atoms with Crippen LogP contribution in [-0.2, 0) is 18.3 Å². The molecule has 12 heavy (non-hydrogen) atoms. The van der Waals surface area contributed by atoms with Gasteiger partial charge in [-0.1, -0.05) is 0 Å². The number of aromatic nitrogens is 1. The quantitative estimate of drug-likeness (QED) is 0.666. The fourth-order valence-electron chi connectivity index (χ4n) is 1.02. The molecule has 1 unspecified atom stereocenters. The highest BCUT2D eigenvalue weighted by Gasteiger charge is 2.12. The van der Waals surface area contributed by atoms with Crippen molar-refractivity contribution in [1.82, 2.24) is 4.57 Å². The highest BCUT2D eigenvalue weighted by atomic mass is 16.4. The Hall–Kier alpha value is -1.29. The Morgan fingerprint density at radius 2 is 2.50 bits per heavy atom. The van der Waals surface area contributed by atoms with Gasteiger partial charge in [0.15, 0.2) is 0 Å². The maximum absolute atomic E-state index is 10.4. The molecule has 0 aliphatic carbocycles. The van der Waals surface area contributed by atoms with Crippen molar-refractivity contribution in [2.45, 2.75) is 12.5 Å². The van der Waals surface area contributed by atoms with Crippen molar-refractivity contribution >= 4 is 5.97 Å². The second-order valence-electron chi connectivity index (χ2n) is 2.76. The third-order valence-corrected chi connectivity index (χ3v) is 1.80. The van der Waals surface area contributed by atoms with Crippen molar-refractivity contribution in [3.8, 4) is 0 Å². The summed E-state index contributed by atoms with van der Waals surface area (Å²) in [7, 11) is 1.86. The maximum Gasteiger partial charge on any atom is 0.320 e. The van der Waals surface area contributed by atoms with E-state index in [-0.39, 0.29) is 0 Å². The van der Waals surface area contributed by atoms with Crippen LogP contribution in [0.25, 0.3) is 0 Å². The van der Waals surface area contributed by atoms with E-state index in [4.69, 9.17) is 10.8 Å². The minimum atomic E-state index is -0.962. The van der Waals surface area contributed by atoms with E-state index in [1.807, 2.05) is 29.9 Å². The second-order valence-corrected chi connectivity index (χ2v) is 2.76. The number of carbonyl (C=O) groups is 1. The van der Waals surface area contributed by atoms with Gasteiger partial charge in [0.2, 0.25) is 0 Å². The van der Waals surface area contributed by atoms with Crippen molar-refractivity contribution in [2.24, 2.45) is 12.8 Å². The van der Waals surface area contributed by atoms with E-state index in [9.17, 15) is 4.79 Å². The normalized spacial score (nSPS) is 12.8. The van der Waals surface area contributed by atoms with Crippen LogP contribution in [0.3, 0.4) is 0 Å². The van der Waals surface area contributed by atoms with Crippen molar-refractivity contribution in [1.29, 1.82) is 0 Å². The molecule has 1 rings (SSSR count). The Kier molecular flexibility index (Phi) is 2.50. The number of carboxylic acid groups (broad SMARTS) is 1. The zero-order chi connectivity index (χ0) is 9.14. The second kappa shape index (κ2) is 3.40.